The summed E-state index contributed by atoms with van der Waals surface area (Å²) in [6, 6.07) is 7.20. The van der Waals surface area contributed by atoms with E-state index in [9.17, 15) is 14.4 Å². The molecule has 0 bridgehead atoms. The van der Waals surface area contributed by atoms with Crippen LogP contribution in [0.15, 0.2) is 53.5 Å². The number of methoxy groups -OCH3 is 1. The minimum atomic E-state index is -0.402. The van der Waals surface area contributed by atoms with Crippen molar-refractivity contribution in [2.45, 2.75) is 12.8 Å². The Labute approximate surface area is 182 Å². The Hall–Kier alpha value is -3.75. The molecule has 2 amide bonds. The zero-order chi connectivity index (χ0) is 23.0. The van der Waals surface area contributed by atoms with Gasteiger partial charge >= 0.3 is 0 Å². The van der Waals surface area contributed by atoms with Gasteiger partial charge in [-0.05, 0) is 54.8 Å². The van der Waals surface area contributed by atoms with Gasteiger partial charge in [0.2, 0.25) is 5.91 Å². The summed E-state index contributed by atoms with van der Waals surface area (Å²) in [5.74, 6) is 0.115. The number of benzene rings is 1. The zero-order valence-electron chi connectivity index (χ0n) is 18.1. The molecular weight excluding hydrogens is 398 g/mol. The summed E-state index contributed by atoms with van der Waals surface area (Å²) in [4.78, 5) is 39.4. The number of nitrogens with two attached hydrogens (primary N) is 2. The highest BCUT2D eigenvalue weighted by atomic mass is 16.5. The fourth-order valence-corrected chi connectivity index (χ4v) is 3.13. The average molecular weight is 428 g/mol. The second-order valence-corrected chi connectivity index (χ2v) is 7.24. The van der Waals surface area contributed by atoms with Crippen LogP contribution in [0.2, 0.25) is 0 Å². The zero-order valence-corrected chi connectivity index (χ0v) is 18.1. The molecule has 1 aromatic rings. The molecule has 31 heavy (non-hydrogen) atoms. The van der Waals surface area contributed by atoms with Crippen LogP contribution in [-0.2, 0) is 14.4 Å². The minimum absolute atomic E-state index is 0.0987. The fraction of sp³-hybridized carbons (Fsp3) is 0.318. The van der Waals surface area contributed by atoms with E-state index in [0.717, 1.165) is 11.3 Å². The quantitative estimate of drug-likeness (QED) is 0.408. The highest BCUT2D eigenvalue weighted by Crippen LogP contribution is 2.22. The highest BCUT2D eigenvalue weighted by Gasteiger charge is 2.28. The molecule has 0 atom stereocenters. The van der Waals surface area contributed by atoms with Gasteiger partial charge in [0, 0.05) is 31.9 Å². The van der Waals surface area contributed by atoms with Crippen LogP contribution in [0.1, 0.15) is 18.4 Å². The van der Waals surface area contributed by atoms with Crippen molar-refractivity contribution in [3.05, 3.63) is 59.1 Å². The second kappa shape index (κ2) is 10.9. The normalized spacial score (nSPS) is 14.9. The highest BCUT2D eigenvalue weighted by molar-refractivity contribution is 5.99. The molecule has 5 N–H and O–H groups in total. The van der Waals surface area contributed by atoms with Crippen LogP contribution < -0.4 is 21.5 Å². The Balaban J connectivity index is 2.06. The Bertz CT molecular complexity index is 916. The van der Waals surface area contributed by atoms with Crippen molar-refractivity contribution < 1.29 is 19.1 Å². The molecular formula is C22H29N5O4. The van der Waals surface area contributed by atoms with Gasteiger partial charge in [-0.1, -0.05) is 0 Å². The molecule has 0 spiro atoms. The molecule has 2 rings (SSSR count). The van der Waals surface area contributed by atoms with Gasteiger partial charge in [0.15, 0.2) is 0 Å². The van der Waals surface area contributed by atoms with E-state index in [-0.39, 0.29) is 24.0 Å². The van der Waals surface area contributed by atoms with E-state index in [1.54, 1.807) is 44.3 Å². The number of carbonyl (C=O) groups excluding carboxylic acids is 3. The molecule has 1 aliphatic rings. The molecule has 1 aliphatic heterocycles. The van der Waals surface area contributed by atoms with Gasteiger partial charge < -0.3 is 31.3 Å². The van der Waals surface area contributed by atoms with Crippen molar-refractivity contribution in [2.75, 3.05) is 34.3 Å². The predicted octanol–water partition coefficient (Wildman–Crippen LogP) is 0.548. The van der Waals surface area contributed by atoms with E-state index in [2.05, 4.69) is 5.32 Å². The molecule has 0 aliphatic carbocycles. The lowest BCUT2D eigenvalue weighted by Gasteiger charge is -2.32. The van der Waals surface area contributed by atoms with Crippen LogP contribution in [0.4, 0.5) is 0 Å². The van der Waals surface area contributed by atoms with Gasteiger partial charge in [-0.15, -0.1) is 0 Å². The molecule has 9 heteroatoms. The molecule has 0 radical (unpaired) electrons. The molecule has 0 unspecified atom stereocenters. The minimum Gasteiger partial charge on any atom is -0.497 e. The number of nitrogens with one attached hydrogen (secondary N) is 1. The summed E-state index contributed by atoms with van der Waals surface area (Å²) in [6.45, 7) is 0.395. The number of amides is 2. The average Bonchev–Trinajstić information content (AvgIpc) is 2.76. The number of carbonyl (C=O) groups is 3. The molecule has 0 fully saturated rings. The van der Waals surface area contributed by atoms with E-state index < -0.39 is 5.91 Å². The first-order chi connectivity index (χ1) is 14.8. The van der Waals surface area contributed by atoms with Gasteiger partial charge in [-0.2, -0.15) is 0 Å². The number of rotatable bonds is 8. The first-order valence-corrected chi connectivity index (χ1v) is 9.79. The third-order valence-corrected chi connectivity index (χ3v) is 4.73. The van der Waals surface area contributed by atoms with Gasteiger partial charge in [0.25, 0.3) is 5.91 Å². The fourth-order valence-electron chi connectivity index (χ4n) is 3.13. The standard InChI is InChI=1S/C22H29N5O4/c1-26(2)22(30)21-16(14-28)5-4-12-27(21)13-20(29)25-19(24)11-10-18(23)15-6-8-17(31-3)9-7-15/h6-11,14H,4-5,12-13,23-24H2,1-3H3,(H,25,29)/b18-10-,19-11+. The number of allylic oxidation sites excluding steroid dienone is 3. The van der Waals surface area contributed by atoms with E-state index in [1.807, 2.05) is 12.1 Å². The largest absolute Gasteiger partial charge is 0.497 e. The van der Waals surface area contributed by atoms with E-state index in [0.29, 0.717) is 36.9 Å². The summed E-state index contributed by atoms with van der Waals surface area (Å²) in [6.07, 6.45) is 4.95. The monoisotopic (exact) mass is 427 g/mol. The lowest BCUT2D eigenvalue weighted by Crippen LogP contribution is -2.44. The molecule has 0 aromatic heterocycles. The molecule has 1 aromatic carbocycles. The first kappa shape index (κ1) is 23.5. The number of hydrogen-bond donors (Lipinski definition) is 3. The second-order valence-electron chi connectivity index (χ2n) is 7.24. The lowest BCUT2D eigenvalue weighted by molar-refractivity contribution is -0.127. The van der Waals surface area contributed by atoms with E-state index in [4.69, 9.17) is 16.2 Å². The number of hydrogen-bond acceptors (Lipinski definition) is 7. The number of aldehydes is 1. The van der Waals surface area contributed by atoms with Crippen molar-refractivity contribution in [2.24, 2.45) is 11.5 Å². The van der Waals surface area contributed by atoms with Crippen molar-refractivity contribution in [3.63, 3.8) is 0 Å². The Morgan fingerprint density at radius 3 is 2.45 bits per heavy atom. The number of likely N-dealkylation sites (N-methyl/N-ethyl adjacent to an activating group) is 1. The van der Waals surface area contributed by atoms with Gasteiger partial charge in [0.05, 0.1) is 13.7 Å². The van der Waals surface area contributed by atoms with Crippen LogP contribution in [0, 0.1) is 0 Å². The Morgan fingerprint density at radius 2 is 1.87 bits per heavy atom. The van der Waals surface area contributed by atoms with Crippen LogP contribution in [-0.4, -0.2) is 62.2 Å². The molecule has 1 heterocycles. The molecule has 0 saturated heterocycles. The van der Waals surface area contributed by atoms with Crippen molar-refractivity contribution in [1.29, 1.82) is 0 Å². The van der Waals surface area contributed by atoms with Crippen molar-refractivity contribution >= 4 is 23.8 Å². The molecule has 9 nitrogen and oxygen atoms in total. The summed E-state index contributed by atoms with van der Waals surface area (Å²) in [5, 5.41) is 2.58. The number of nitrogens with zero attached hydrogens (tertiary/aromatic N) is 2. The van der Waals surface area contributed by atoms with Crippen LogP contribution in [0.3, 0.4) is 0 Å². The van der Waals surface area contributed by atoms with Gasteiger partial charge in [-0.25, -0.2) is 0 Å². The van der Waals surface area contributed by atoms with Crippen LogP contribution >= 0.6 is 0 Å². The molecule has 166 valence electrons. The maximum atomic E-state index is 12.5. The summed E-state index contributed by atoms with van der Waals surface area (Å²) in [7, 11) is 4.79. The van der Waals surface area contributed by atoms with Gasteiger partial charge in [0.1, 0.15) is 23.6 Å². The van der Waals surface area contributed by atoms with E-state index in [1.165, 1.54) is 11.0 Å². The lowest BCUT2D eigenvalue weighted by atomic mass is 10.0. The van der Waals surface area contributed by atoms with Crippen molar-refractivity contribution in [3.8, 4) is 5.75 Å². The topological polar surface area (TPSA) is 131 Å². The maximum absolute atomic E-state index is 12.5. The Morgan fingerprint density at radius 1 is 1.19 bits per heavy atom. The Kier molecular flexibility index (Phi) is 8.25. The third-order valence-electron chi connectivity index (χ3n) is 4.73. The van der Waals surface area contributed by atoms with E-state index >= 15 is 0 Å². The van der Waals surface area contributed by atoms with Gasteiger partial charge in [-0.3, -0.25) is 14.4 Å². The van der Waals surface area contributed by atoms with Crippen LogP contribution in [0.25, 0.3) is 5.70 Å². The summed E-state index contributed by atoms with van der Waals surface area (Å²) >= 11 is 0. The smallest absolute Gasteiger partial charge is 0.270 e. The number of ether oxygens (including phenoxy) is 1. The SMILES string of the molecule is COc1ccc(/C(N)=C/C=C(\N)NC(=O)CN2CCCC(C=O)=C2C(=O)N(C)C)cc1. The summed E-state index contributed by atoms with van der Waals surface area (Å²) in [5.41, 5.74) is 13.8. The summed E-state index contributed by atoms with van der Waals surface area (Å²) < 4.78 is 5.11. The van der Waals surface area contributed by atoms with Crippen LogP contribution in [0.5, 0.6) is 5.75 Å². The first-order valence-electron chi connectivity index (χ1n) is 9.79. The third kappa shape index (κ3) is 6.36. The predicted molar refractivity (Wildman–Crippen MR) is 118 cm³/mol. The maximum Gasteiger partial charge on any atom is 0.270 e. The van der Waals surface area contributed by atoms with Crippen molar-refractivity contribution in [1.82, 2.24) is 15.1 Å². The molecule has 0 saturated carbocycles.